The molecule has 1 aliphatic heterocycles. The Kier molecular flexibility index (Phi) is 5.64. The van der Waals surface area contributed by atoms with Gasteiger partial charge < -0.3 is 9.64 Å². The molecule has 148 valence electrons. The highest BCUT2D eigenvalue weighted by molar-refractivity contribution is 5.92. The van der Waals surface area contributed by atoms with Crippen LogP contribution in [0.15, 0.2) is 41.4 Å². The first kappa shape index (κ1) is 20.2. The van der Waals surface area contributed by atoms with E-state index in [0.29, 0.717) is 0 Å². The number of hydrogen-bond donors (Lipinski definition) is 0. The van der Waals surface area contributed by atoms with Crippen LogP contribution in [0.4, 0.5) is 11.4 Å². The van der Waals surface area contributed by atoms with E-state index < -0.39 is 0 Å². The molecule has 0 atom stereocenters. The van der Waals surface area contributed by atoms with Crippen LogP contribution in [-0.2, 0) is 0 Å². The number of rotatable bonds is 5. The van der Waals surface area contributed by atoms with E-state index in [1.54, 1.807) is 7.11 Å². The van der Waals surface area contributed by atoms with Gasteiger partial charge in [0.2, 0.25) is 0 Å². The second-order valence-electron chi connectivity index (χ2n) is 8.29. The molecule has 0 bridgehead atoms. The van der Waals surface area contributed by atoms with Gasteiger partial charge in [-0.2, -0.15) is 0 Å². The third kappa shape index (κ3) is 3.84. The monoisotopic (exact) mass is 376 g/mol. The molecule has 1 aliphatic rings. The van der Waals surface area contributed by atoms with E-state index in [2.05, 4.69) is 82.9 Å². The molecule has 0 unspecified atom stereocenters. The summed E-state index contributed by atoms with van der Waals surface area (Å²) in [6.45, 7) is 14.2. The Balaban J connectivity index is 2.07. The van der Waals surface area contributed by atoms with Gasteiger partial charge in [-0.05, 0) is 64.3 Å². The standard InChI is InChI=1S/C25H32N2O/c1-8-11-27-23-14-24(28-7)20(13-21(23)19(4)15-25(27,5)6)16-26-22-10-9-17(2)12-18(22)3/h9-10,12-16H,8,11H2,1-7H3. The normalized spacial score (nSPS) is 15.5. The number of aryl methyl sites for hydroxylation is 2. The van der Waals surface area contributed by atoms with Crippen LogP contribution in [0.25, 0.3) is 5.57 Å². The van der Waals surface area contributed by atoms with E-state index in [9.17, 15) is 0 Å². The quantitative estimate of drug-likeness (QED) is 0.558. The van der Waals surface area contributed by atoms with Crippen molar-refractivity contribution in [2.24, 2.45) is 4.99 Å². The fourth-order valence-corrected chi connectivity index (χ4v) is 4.12. The van der Waals surface area contributed by atoms with Crippen LogP contribution in [0.2, 0.25) is 0 Å². The Morgan fingerprint density at radius 3 is 2.50 bits per heavy atom. The van der Waals surface area contributed by atoms with Crippen molar-refractivity contribution in [2.45, 2.75) is 53.5 Å². The fraction of sp³-hybridized carbons (Fsp3) is 0.400. The number of methoxy groups -OCH3 is 1. The van der Waals surface area contributed by atoms with E-state index in [-0.39, 0.29) is 5.54 Å². The van der Waals surface area contributed by atoms with Gasteiger partial charge in [0.05, 0.1) is 18.3 Å². The van der Waals surface area contributed by atoms with Gasteiger partial charge in [0.25, 0.3) is 0 Å². The van der Waals surface area contributed by atoms with Gasteiger partial charge in [-0.15, -0.1) is 0 Å². The predicted molar refractivity (Wildman–Crippen MR) is 122 cm³/mol. The van der Waals surface area contributed by atoms with Crippen molar-refractivity contribution in [3.63, 3.8) is 0 Å². The number of hydrogen-bond acceptors (Lipinski definition) is 3. The fourth-order valence-electron chi connectivity index (χ4n) is 4.12. The smallest absolute Gasteiger partial charge is 0.129 e. The number of anilines is 1. The van der Waals surface area contributed by atoms with Crippen LogP contribution in [-0.4, -0.2) is 25.4 Å². The van der Waals surface area contributed by atoms with Crippen molar-refractivity contribution in [2.75, 3.05) is 18.6 Å². The van der Waals surface area contributed by atoms with Gasteiger partial charge in [0, 0.05) is 35.6 Å². The number of benzene rings is 2. The Morgan fingerprint density at radius 1 is 1.11 bits per heavy atom. The van der Waals surface area contributed by atoms with Gasteiger partial charge >= 0.3 is 0 Å². The van der Waals surface area contributed by atoms with Crippen molar-refractivity contribution < 1.29 is 4.74 Å². The Labute approximate surface area is 169 Å². The molecule has 3 heteroatoms. The summed E-state index contributed by atoms with van der Waals surface area (Å²) in [5, 5.41) is 0. The number of ether oxygens (including phenoxy) is 1. The van der Waals surface area contributed by atoms with E-state index in [0.717, 1.165) is 30.0 Å². The van der Waals surface area contributed by atoms with E-state index >= 15 is 0 Å². The zero-order valence-electron chi connectivity index (χ0n) is 18.3. The predicted octanol–water partition coefficient (Wildman–Crippen LogP) is 6.47. The molecule has 1 heterocycles. The summed E-state index contributed by atoms with van der Waals surface area (Å²) in [7, 11) is 1.73. The largest absolute Gasteiger partial charge is 0.496 e. The molecule has 0 saturated carbocycles. The molecule has 0 aliphatic carbocycles. The zero-order chi connectivity index (χ0) is 20.5. The molecule has 3 nitrogen and oxygen atoms in total. The molecular formula is C25H32N2O. The molecule has 0 amide bonds. The van der Waals surface area contributed by atoms with Gasteiger partial charge in [0.1, 0.15) is 5.75 Å². The molecule has 0 spiro atoms. The average molecular weight is 377 g/mol. The van der Waals surface area contributed by atoms with Gasteiger partial charge in [-0.25, -0.2) is 0 Å². The first-order chi connectivity index (χ1) is 13.3. The summed E-state index contributed by atoms with van der Waals surface area (Å²) < 4.78 is 5.74. The minimum absolute atomic E-state index is 0.00722. The molecule has 0 aromatic heterocycles. The van der Waals surface area contributed by atoms with Crippen molar-refractivity contribution in [1.29, 1.82) is 0 Å². The highest BCUT2D eigenvalue weighted by Crippen LogP contribution is 2.42. The Hall–Kier alpha value is -2.55. The lowest BCUT2D eigenvalue weighted by molar-refractivity contribution is 0.413. The minimum Gasteiger partial charge on any atom is -0.496 e. The van der Waals surface area contributed by atoms with Crippen LogP contribution in [0.1, 0.15) is 56.4 Å². The number of aliphatic imine (C=N–C) groups is 1. The molecule has 0 radical (unpaired) electrons. The third-order valence-electron chi connectivity index (χ3n) is 5.47. The maximum Gasteiger partial charge on any atom is 0.129 e. The Bertz CT molecular complexity index is 938. The summed E-state index contributed by atoms with van der Waals surface area (Å²) in [4.78, 5) is 7.22. The summed E-state index contributed by atoms with van der Waals surface area (Å²) in [6, 6.07) is 10.7. The van der Waals surface area contributed by atoms with E-state index in [1.807, 2.05) is 6.21 Å². The molecule has 0 fully saturated rings. The maximum atomic E-state index is 5.74. The SMILES string of the molecule is CCCN1c2cc(OC)c(C=Nc3ccc(C)cc3C)cc2C(C)=CC1(C)C. The van der Waals surface area contributed by atoms with Crippen molar-refractivity contribution in [3.8, 4) is 5.75 Å². The second kappa shape index (κ2) is 7.83. The molecule has 3 rings (SSSR count). The summed E-state index contributed by atoms with van der Waals surface area (Å²) >= 11 is 0. The first-order valence-corrected chi connectivity index (χ1v) is 10.1. The van der Waals surface area contributed by atoms with Gasteiger partial charge in [-0.3, -0.25) is 4.99 Å². The lowest BCUT2D eigenvalue weighted by atomic mass is 9.87. The number of allylic oxidation sites excluding steroid dienone is 1. The lowest BCUT2D eigenvalue weighted by Gasteiger charge is -2.43. The van der Waals surface area contributed by atoms with Gasteiger partial charge in [0.15, 0.2) is 0 Å². The molecule has 0 saturated heterocycles. The van der Waals surface area contributed by atoms with Crippen LogP contribution in [0, 0.1) is 13.8 Å². The van der Waals surface area contributed by atoms with Crippen LogP contribution in [0.5, 0.6) is 5.75 Å². The second-order valence-corrected chi connectivity index (χ2v) is 8.29. The summed E-state index contributed by atoms with van der Waals surface area (Å²) in [5.74, 6) is 0.860. The van der Waals surface area contributed by atoms with E-state index in [1.165, 1.54) is 28.0 Å². The zero-order valence-corrected chi connectivity index (χ0v) is 18.3. The van der Waals surface area contributed by atoms with Crippen molar-refractivity contribution >= 4 is 23.2 Å². The molecule has 28 heavy (non-hydrogen) atoms. The molecule has 0 N–H and O–H groups in total. The number of fused-ring (bicyclic) bond motifs is 1. The van der Waals surface area contributed by atoms with Crippen molar-refractivity contribution in [3.05, 3.63) is 58.7 Å². The topological polar surface area (TPSA) is 24.8 Å². The Morgan fingerprint density at radius 2 is 1.86 bits per heavy atom. The van der Waals surface area contributed by atoms with Crippen LogP contribution in [0.3, 0.4) is 0 Å². The van der Waals surface area contributed by atoms with Crippen molar-refractivity contribution in [1.82, 2.24) is 0 Å². The third-order valence-corrected chi connectivity index (χ3v) is 5.47. The number of nitrogens with zero attached hydrogens (tertiary/aromatic N) is 2. The highest BCUT2D eigenvalue weighted by atomic mass is 16.5. The van der Waals surface area contributed by atoms with Gasteiger partial charge in [-0.1, -0.05) is 30.7 Å². The lowest BCUT2D eigenvalue weighted by Crippen LogP contribution is -2.45. The van der Waals surface area contributed by atoms with E-state index in [4.69, 9.17) is 9.73 Å². The summed E-state index contributed by atoms with van der Waals surface area (Å²) in [5.41, 5.74) is 8.23. The molecular weight excluding hydrogens is 344 g/mol. The van der Waals surface area contributed by atoms with Crippen LogP contribution < -0.4 is 9.64 Å². The highest BCUT2D eigenvalue weighted by Gasteiger charge is 2.31. The molecule has 2 aromatic rings. The van der Waals surface area contributed by atoms with Crippen LogP contribution >= 0.6 is 0 Å². The average Bonchev–Trinajstić information content (AvgIpc) is 2.63. The summed E-state index contributed by atoms with van der Waals surface area (Å²) in [6.07, 6.45) is 5.39. The molecule has 2 aromatic carbocycles. The first-order valence-electron chi connectivity index (χ1n) is 10.1. The minimum atomic E-state index is -0.00722. The maximum absolute atomic E-state index is 5.74.